The van der Waals surface area contributed by atoms with Gasteiger partial charge in [0.05, 0.1) is 5.00 Å². The molecular formula is C24H30N2O4S. The minimum atomic E-state index is -0.171. The Bertz CT molecular complexity index is 884. The molecule has 4 rings (SSSR count). The maximum Gasteiger partial charge on any atom is 0.410 e. The minimum absolute atomic E-state index is 0.171. The molecule has 7 heteroatoms. The van der Waals surface area contributed by atoms with Gasteiger partial charge in [-0.15, -0.1) is 11.3 Å². The van der Waals surface area contributed by atoms with Crippen LogP contribution in [0.15, 0.2) is 35.7 Å². The van der Waals surface area contributed by atoms with Crippen LogP contribution in [0.3, 0.4) is 0 Å². The Hall–Kier alpha value is -2.63. The summed E-state index contributed by atoms with van der Waals surface area (Å²) in [5.74, 6) is 0.669. The second-order valence-corrected chi connectivity index (χ2v) is 9.06. The normalized spacial score (nSPS) is 18.8. The SMILES string of the molecule is Cc1csc(N2CCCC2C2CCN(C(=O)OCc3ccccc3)CC2)c1C.O=C=O. The van der Waals surface area contributed by atoms with E-state index in [1.807, 2.05) is 46.6 Å². The second-order valence-electron chi connectivity index (χ2n) is 8.20. The van der Waals surface area contributed by atoms with Crippen molar-refractivity contribution < 1.29 is 19.1 Å². The number of anilines is 1. The van der Waals surface area contributed by atoms with E-state index in [0.29, 0.717) is 18.6 Å². The predicted molar refractivity (Wildman–Crippen MR) is 120 cm³/mol. The molecule has 1 amide bonds. The summed E-state index contributed by atoms with van der Waals surface area (Å²) in [6, 6.07) is 10.5. The highest BCUT2D eigenvalue weighted by Gasteiger charge is 2.36. The molecule has 0 aliphatic carbocycles. The molecule has 1 aromatic carbocycles. The van der Waals surface area contributed by atoms with Crippen LogP contribution in [0.25, 0.3) is 0 Å². The van der Waals surface area contributed by atoms with Crippen LogP contribution in [0, 0.1) is 19.8 Å². The van der Waals surface area contributed by atoms with Crippen LogP contribution in [0.5, 0.6) is 0 Å². The number of amides is 1. The van der Waals surface area contributed by atoms with Gasteiger partial charge in [0.2, 0.25) is 0 Å². The number of hydrogen-bond acceptors (Lipinski definition) is 6. The van der Waals surface area contributed by atoms with E-state index in [1.54, 1.807) is 0 Å². The standard InChI is InChI=1S/C23H30N2O2S.CO2/c1-17-16-28-22(18(17)2)25-12-6-9-21(25)20-10-13-24(14-11-20)23(26)27-15-19-7-4-3-5-8-19;2-1-3/h3-5,7-8,16,20-21H,6,9-15H2,1-2H3;. The number of carbonyl (C=O) groups is 1. The van der Waals surface area contributed by atoms with Crippen molar-refractivity contribution in [1.82, 2.24) is 4.90 Å². The van der Waals surface area contributed by atoms with Gasteiger partial charge in [-0.05, 0) is 67.5 Å². The van der Waals surface area contributed by atoms with Gasteiger partial charge in [0.1, 0.15) is 6.61 Å². The van der Waals surface area contributed by atoms with E-state index >= 15 is 0 Å². The van der Waals surface area contributed by atoms with Crippen molar-refractivity contribution in [1.29, 1.82) is 0 Å². The number of thiophene rings is 1. The minimum Gasteiger partial charge on any atom is -0.445 e. The van der Waals surface area contributed by atoms with Crippen LogP contribution in [0.2, 0.25) is 0 Å². The molecule has 166 valence electrons. The Balaban J connectivity index is 0.000000858. The molecule has 0 saturated carbocycles. The summed E-state index contributed by atoms with van der Waals surface area (Å²) < 4.78 is 5.52. The molecule has 2 aliphatic rings. The third-order valence-electron chi connectivity index (χ3n) is 6.37. The Kier molecular flexibility index (Phi) is 8.27. The van der Waals surface area contributed by atoms with Crippen molar-refractivity contribution in [2.75, 3.05) is 24.5 Å². The van der Waals surface area contributed by atoms with E-state index in [-0.39, 0.29) is 12.2 Å². The maximum atomic E-state index is 12.4. The van der Waals surface area contributed by atoms with E-state index in [0.717, 1.165) is 31.5 Å². The molecule has 2 saturated heterocycles. The molecule has 2 fully saturated rings. The molecule has 0 N–H and O–H groups in total. The van der Waals surface area contributed by atoms with Crippen LogP contribution in [0.4, 0.5) is 9.80 Å². The van der Waals surface area contributed by atoms with Gasteiger partial charge in [0.15, 0.2) is 0 Å². The van der Waals surface area contributed by atoms with Crippen LogP contribution >= 0.6 is 11.3 Å². The summed E-state index contributed by atoms with van der Waals surface area (Å²) in [7, 11) is 0. The second kappa shape index (κ2) is 11.1. The zero-order chi connectivity index (χ0) is 22.2. The largest absolute Gasteiger partial charge is 0.445 e. The summed E-state index contributed by atoms with van der Waals surface area (Å²) in [5, 5.41) is 3.75. The predicted octanol–water partition coefficient (Wildman–Crippen LogP) is 4.80. The summed E-state index contributed by atoms with van der Waals surface area (Å²) >= 11 is 1.89. The van der Waals surface area contributed by atoms with Gasteiger partial charge in [-0.2, -0.15) is 9.59 Å². The summed E-state index contributed by atoms with van der Waals surface area (Å²) in [6.07, 6.45) is 4.78. The number of rotatable bonds is 4. The first kappa shape index (κ1) is 23.0. The van der Waals surface area contributed by atoms with E-state index in [1.165, 1.54) is 35.5 Å². The quantitative estimate of drug-likeness (QED) is 0.680. The lowest BCUT2D eigenvalue weighted by atomic mass is 9.88. The monoisotopic (exact) mass is 442 g/mol. The van der Waals surface area contributed by atoms with Crippen molar-refractivity contribution >= 4 is 28.6 Å². The van der Waals surface area contributed by atoms with Crippen LogP contribution < -0.4 is 4.90 Å². The maximum absolute atomic E-state index is 12.4. The number of likely N-dealkylation sites (tertiary alicyclic amines) is 1. The fourth-order valence-electron chi connectivity index (χ4n) is 4.58. The summed E-state index contributed by atoms with van der Waals surface area (Å²) in [6.45, 7) is 7.61. The lowest BCUT2D eigenvalue weighted by Crippen LogP contribution is -2.44. The van der Waals surface area contributed by atoms with Crippen molar-refractivity contribution in [2.45, 2.75) is 52.2 Å². The topological polar surface area (TPSA) is 66.9 Å². The Labute approximate surface area is 187 Å². The molecule has 3 heterocycles. The summed E-state index contributed by atoms with van der Waals surface area (Å²) in [5.41, 5.74) is 3.88. The number of piperidine rings is 1. The van der Waals surface area contributed by atoms with E-state index in [2.05, 4.69) is 24.1 Å². The van der Waals surface area contributed by atoms with Gasteiger partial charge < -0.3 is 14.5 Å². The number of benzene rings is 1. The van der Waals surface area contributed by atoms with Gasteiger partial charge in [-0.3, -0.25) is 0 Å². The number of carbonyl (C=O) groups excluding carboxylic acids is 3. The zero-order valence-electron chi connectivity index (χ0n) is 18.2. The number of ether oxygens (including phenoxy) is 1. The highest BCUT2D eigenvalue weighted by molar-refractivity contribution is 7.14. The average molecular weight is 443 g/mol. The Morgan fingerprint density at radius 1 is 1.10 bits per heavy atom. The van der Waals surface area contributed by atoms with Gasteiger partial charge in [-0.1, -0.05) is 30.3 Å². The molecule has 1 unspecified atom stereocenters. The molecule has 6 nitrogen and oxygen atoms in total. The molecule has 1 aromatic heterocycles. The summed E-state index contributed by atoms with van der Waals surface area (Å²) in [4.78, 5) is 33.2. The van der Waals surface area contributed by atoms with Crippen molar-refractivity contribution in [3.63, 3.8) is 0 Å². The van der Waals surface area contributed by atoms with Crippen LogP contribution in [0.1, 0.15) is 42.4 Å². The highest BCUT2D eigenvalue weighted by atomic mass is 32.1. The highest BCUT2D eigenvalue weighted by Crippen LogP contribution is 2.39. The van der Waals surface area contributed by atoms with Crippen molar-refractivity contribution in [2.24, 2.45) is 5.92 Å². The zero-order valence-corrected chi connectivity index (χ0v) is 19.0. The molecular weight excluding hydrogens is 412 g/mol. The first-order valence-corrected chi connectivity index (χ1v) is 11.7. The van der Waals surface area contributed by atoms with E-state index < -0.39 is 0 Å². The molecule has 2 aliphatic heterocycles. The van der Waals surface area contributed by atoms with Crippen molar-refractivity contribution in [3.05, 3.63) is 52.4 Å². The number of nitrogens with zero attached hydrogens (tertiary/aromatic N) is 2. The van der Waals surface area contributed by atoms with Crippen LogP contribution in [-0.4, -0.2) is 42.8 Å². The third-order valence-corrected chi connectivity index (χ3v) is 7.60. The molecule has 0 bridgehead atoms. The molecule has 0 radical (unpaired) electrons. The van der Waals surface area contributed by atoms with Crippen LogP contribution in [-0.2, 0) is 20.9 Å². The molecule has 1 atom stereocenters. The molecule has 31 heavy (non-hydrogen) atoms. The average Bonchev–Trinajstić information content (AvgIpc) is 3.40. The third kappa shape index (κ3) is 5.75. The van der Waals surface area contributed by atoms with Gasteiger partial charge >= 0.3 is 12.2 Å². The molecule has 0 spiro atoms. The Morgan fingerprint density at radius 2 is 1.77 bits per heavy atom. The lowest BCUT2D eigenvalue weighted by Gasteiger charge is -2.38. The van der Waals surface area contributed by atoms with E-state index in [9.17, 15) is 4.79 Å². The first-order chi connectivity index (χ1) is 15.0. The molecule has 2 aromatic rings. The van der Waals surface area contributed by atoms with Gasteiger partial charge in [0.25, 0.3) is 0 Å². The smallest absolute Gasteiger partial charge is 0.410 e. The fourth-order valence-corrected chi connectivity index (χ4v) is 5.75. The van der Waals surface area contributed by atoms with E-state index in [4.69, 9.17) is 14.3 Å². The van der Waals surface area contributed by atoms with Gasteiger partial charge in [-0.25, -0.2) is 4.79 Å². The Morgan fingerprint density at radius 3 is 2.39 bits per heavy atom. The first-order valence-electron chi connectivity index (χ1n) is 10.8. The van der Waals surface area contributed by atoms with Gasteiger partial charge in [0, 0.05) is 25.7 Å². The lowest BCUT2D eigenvalue weighted by molar-refractivity contribution is -0.191. The van der Waals surface area contributed by atoms with Crippen molar-refractivity contribution in [3.8, 4) is 0 Å². The fraction of sp³-hybridized carbons (Fsp3) is 0.500. The number of hydrogen-bond donors (Lipinski definition) is 0. The number of aryl methyl sites for hydroxylation is 1.